The Bertz CT molecular complexity index is 307. The molecule has 0 aliphatic heterocycles. The van der Waals surface area contributed by atoms with Crippen LogP contribution in [0.4, 0.5) is 0 Å². The van der Waals surface area contributed by atoms with Crippen LogP contribution in [0, 0.1) is 5.41 Å². The van der Waals surface area contributed by atoms with Crippen molar-refractivity contribution in [1.82, 2.24) is 4.90 Å². The highest BCUT2D eigenvalue weighted by Crippen LogP contribution is 2.21. The Balaban J connectivity index is 2.66. The molecular formula is C13H23NO2S. The molecule has 98 valence electrons. The van der Waals surface area contributed by atoms with Gasteiger partial charge in [-0.15, -0.1) is 11.3 Å². The van der Waals surface area contributed by atoms with E-state index >= 15 is 0 Å². The van der Waals surface area contributed by atoms with Crippen molar-refractivity contribution in [3.8, 4) is 0 Å². The first-order chi connectivity index (χ1) is 8.00. The molecule has 2 N–H and O–H groups in total. The average Bonchev–Trinajstić information content (AvgIpc) is 2.80. The van der Waals surface area contributed by atoms with Gasteiger partial charge in [0.2, 0.25) is 0 Å². The molecule has 3 nitrogen and oxygen atoms in total. The van der Waals surface area contributed by atoms with Crippen LogP contribution in [-0.2, 0) is 6.54 Å². The molecule has 1 rings (SSSR count). The van der Waals surface area contributed by atoms with Crippen molar-refractivity contribution in [3.05, 3.63) is 22.4 Å². The molecule has 4 heteroatoms. The number of aliphatic hydroxyl groups excluding tert-OH is 2. The average molecular weight is 257 g/mol. The zero-order chi connectivity index (χ0) is 12.9. The van der Waals surface area contributed by atoms with Gasteiger partial charge in [0.25, 0.3) is 0 Å². The summed E-state index contributed by atoms with van der Waals surface area (Å²) in [7, 11) is 0. The summed E-state index contributed by atoms with van der Waals surface area (Å²) in [6.45, 7) is 7.80. The lowest BCUT2D eigenvalue weighted by Gasteiger charge is -2.35. The Morgan fingerprint density at radius 1 is 1.35 bits per heavy atom. The van der Waals surface area contributed by atoms with Crippen LogP contribution in [0.1, 0.15) is 25.6 Å². The van der Waals surface area contributed by atoms with Gasteiger partial charge in [-0.05, 0) is 25.3 Å². The monoisotopic (exact) mass is 257 g/mol. The van der Waals surface area contributed by atoms with Gasteiger partial charge >= 0.3 is 0 Å². The molecule has 0 radical (unpaired) electrons. The first kappa shape index (κ1) is 14.6. The van der Waals surface area contributed by atoms with Gasteiger partial charge in [0.05, 0.1) is 13.2 Å². The number of hydrogen-bond acceptors (Lipinski definition) is 4. The highest BCUT2D eigenvalue weighted by Gasteiger charge is 2.27. The van der Waals surface area contributed by atoms with E-state index in [9.17, 15) is 10.2 Å². The highest BCUT2D eigenvalue weighted by atomic mass is 32.1. The fourth-order valence-corrected chi connectivity index (χ4v) is 2.39. The van der Waals surface area contributed by atoms with Crippen molar-refractivity contribution in [2.24, 2.45) is 5.41 Å². The van der Waals surface area contributed by atoms with Crippen LogP contribution >= 0.6 is 11.3 Å². The predicted molar refractivity (Wildman–Crippen MR) is 72.1 cm³/mol. The molecule has 0 atom stereocenters. The van der Waals surface area contributed by atoms with E-state index < -0.39 is 5.41 Å². The summed E-state index contributed by atoms with van der Waals surface area (Å²) in [5, 5.41) is 20.8. The molecule has 0 bridgehead atoms. The fraction of sp³-hybridized carbons (Fsp3) is 0.692. The molecule has 0 saturated carbocycles. The third kappa shape index (κ3) is 4.39. The largest absolute Gasteiger partial charge is 0.396 e. The van der Waals surface area contributed by atoms with Crippen LogP contribution in [0.3, 0.4) is 0 Å². The molecule has 0 aliphatic carbocycles. The van der Waals surface area contributed by atoms with E-state index in [1.54, 1.807) is 11.3 Å². The normalized spacial score (nSPS) is 12.6. The molecule has 0 saturated heterocycles. The number of aliphatic hydroxyl groups is 2. The molecule has 1 aromatic heterocycles. The minimum atomic E-state index is -0.429. The van der Waals surface area contributed by atoms with Crippen LogP contribution in [0.5, 0.6) is 0 Å². The molecule has 0 aliphatic rings. The molecule has 0 spiro atoms. The summed E-state index contributed by atoms with van der Waals surface area (Å²) in [5.74, 6) is 0. The molecule has 0 amide bonds. The topological polar surface area (TPSA) is 43.7 Å². The molecule has 0 aromatic carbocycles. The fourth-order valence-electron chi connectivity index (χ4n) is 1.66. The Kier molecular flexibility index (Phi) is 5.59. The number of nitrogens with zero attached hydrogens (tertiary/aromatic N) is 1. The number of thiophene rings is 1. The Hall–Kier alpha value is -0.420. The van der Waals surface area contributed by atoms with Crippen LogP contribution in [0.25, 0.3) is 0 Å². The van der Waals surface area contributed by atoms with Gasteiger partial charge in [0.15, 0.2) is 0 Å². The number of hydrogen-bond donors (Lipinski definition) is 2. The van der Waals surface area contributed by atoms with E-state index in [0.29, 0.717) is 12.6 Å². The van der Waals surface area contributed by atoms with Crippen molar-refractivity contribution >= 4 is 11.3 Å². The van der Waals surface area contributed by atoms with Crippen LogP contribution in [0.15, 0.2) is 17.5 Å². The SMILES string of the molecule is CC(C)N(Cc1cccs1)CC(C)(CO)CO. The standard InChI is InChI=1S/C13H23NO2S/c1-11(2)14(7-12-5-4-6-17-12)8-13(3,9-15)10-16/h4-6,11,15-16H,7-10H2,1-3H3. The van der Waals surface area contributed by atoms with Gasteiger partial charge < -0.3 is 10.2 Å². The van der Waals surface area contributed by atoms with Crippen molar-refractivity contribution < 1.29 is 10.2 Å². The second-order valence-corrected chi connectivity index (χ2v) is 6.24. The van der Waals surface area contributed by atoms with Crippen molar-refractivity contribution in [1.29, 1.82) is 0 Å². The van der Waals surface area contributed by atoms with Gasteiger partial charge in [-0.2, -0.15) is 0 Å². The Labute approximate surface area is 108 Å². The molecule has 1 heterocycles. The summed E-state index contributed by atoms with van der Waals surface area (Å²) in [5.41, 5.74) is -0.429. The smallest absolute Gasteiger partial charge is 0.0519 e. The Morgan fingerprint density at radius 3 is 2.41 bits per heavy atom. The van der Waals surface area contributed by atoms with E-state index in [4.69, 9.17) is 0 Å². The molecular weight excluding hydrogens is 234 g/mol. The second-order valence-electron chi connectivity index (χ2n) is 5.20. The molecule has 17 heavy (non-hydrogen) atoms. The minimum Gasteiger partial charge on any atom is -0.396 e. The molecule has 0 fully saturated rings. The number of rotatable bonds is 7. The van der Waals surface area contributed by atoms with Crippen LogP contribution in [-0.4, -0.2) is 40.9 Å². The van der Waals surface area contributed by atoms with Gasteiger partial charge in [-0.3, -0.25) is 4.90 Å². The van der Waals surface area contributed by atoms with Gasteiger partial charge in [0, 0.05) is 29.4 Å². The van der Waals surface area contributed by atoms with Crippen molar-refractivity contribution in [3.63, 3.8) is 0 Å². The zero-order valence-electron chi connectivity index (χ0n) is 10.9. The summed E-state index contributed by atoms with van der Waals surface area (Å²) in [4.78, 5) is 3.61. The minimum absolute atomic E-state index is 0.0111. The summed E-state index contributed by atoms with van der Waals surface area (Å²) < 4.78 is 0. The maximum atomic E-state index is 9.36. The molecule has 1 aromatic rings. The molecule has 0 unspecified atom stereocenters. The van der Waals surface area contributed by atoms with E-state index in [-0.39, 0.29) is 13.2 Å². The van der Waals surface area contributed by atoms with Gasteiger partial charge in [-0.25, -0.2) is 0 Å². The maximum Gasteiger partial charge on any atom is 0.0519 e. The van der Waals surface area contributed by atoms with Crippen molar-refractivity contribution in [2.45, 2.75) is 33.4 Å². The van der Waals surface area contributed by atoms with Crippen LogP contribution in [0.2, 0.25) is 0 Å². The first-order valence-corrected chi connectivity index (χ1v) is 6.87. The third-order valence-corrected chi connectivity index (χ3v) is 3.88. The zero-order valence-corrected chi connectivity index (χ0v) is 11.7. The third-order valence-electron chi connectivity index (χ3n) is 3.02. The second kappa shape index (κ2) is 6.50. The van der Waals surface area contributed by atoms with E-state index in [0.717, 1.165) is 6.54 Å². The van der Waals surface area contributed by atoms with Gasteiger partial charge in [-0.1, -0.05) is 13.0 Å². The van der Waals surface area contributed by atoms with Crippen LogP contribution < -0.4 is 0 Å². The lowest BCUT2D eigenvalue weighted by molar-refractivity contribution is 0.0236. The van der Waals surface area contributed by atoms with E-state index in [2.05, 4.69) is 36.3 Å². The summed E-state index contributed by atoms with van der Waals surface area (Å²) >= 11 is 1.74. The Morgan fingerprint density at radius 2 is 2.00 bits per heavy atom. The summed E-state index contributed by atoms with van der Waals surface area (Å²) in [6, 6.07) is 4.57. The van der Waals surface area contributed by atoms with E-state index in [1.165, 1.54) is 4.88 Å². The van der Waals surface area contributed by atoms with E-state index in [1.807, 2.05) is 6.92 Å². The maximum absolute atomic E-state index is 9.36. The lowest BCUT2D eigenvalue weighted by Crippen LogP contribution is -2.43. The van der Waals surface area contributed by atoms with Gasteiger partial charge in [0.1, 0.15) is 0 Å². The van der Waals surface area contributed by atoms with Crippen molar-refractivity contribution in [2.75, 3.05) is 19.8 Å². The highest BCUT2D eigenvalue weighted by molar-refractivity contribution is 7.09. The predicted octanol–water partition coefficient (Wildman–Crippen LogP) is 1.95. The first-order valence-electron chi connectivity index (χ1n) is 5.99. The summed E-state index contributed by atoms with van der Waals surface area (Å²) in [6.07, 6.45) is 0. The lowest BCUT2D eigenvalue weighted by atomic mass is 9.91. The quantitative estimate of drug-likeness (QED) is 0.784.